The molecule has 0 saturated carbocycles. The predicted molar refractivity (Wildman–Crippen MR) is 87.9 cm³/mol. The van der Waals surface area contributed by atoms with E-state index in [1.165, 1.54) is 12.0 Å². The lowest BCUT2D eigenvalue weighted by molar-refractivity contribution is 0.0694. The van der Waals surface area contributed by atoms with E-state index < -0.39 is 0 Å². The highest BCUT2D eigenvalue weighted by molar-refractivity contribution is 5.52. The van der Waals surface area contributed by atoms with Crippen LogP contribution in [0.3, 0.4) is 0 Å². The molecule has 0 saturated heterocycles. The fourth-order valence-corrected chi connectivity index (χ4v) is 3.55. The van der Waals surface area contributed by atoms with Crippen LogP contribution in [0.1, 0.15) is 38.7 Å². The van der Waals surface area contributed by atoms with E-state index in [0.717, 1.165) is 36.5 Å². The third-order valence-corrected chi connectivity index (χ3v) is 5.10. The monoisotopic (exact) mass is 302 g/mol. The zero-order valence-electron chi connectivity index (χ0n) is 14.0. The van der Waals surface area contributed by atoms with E-state index in [2.05, 4.69) is 26.0 Å². The molecule has 1 aromatic rings. The lowest BCUT2D eigenvalue weighted by Gasteiger charge is -2.40. The van der Waals surface area contributed by atoms with E-state index in [4.69, 9.17) is 14.2 Å². The smallest absolute Gasteiger partial charge is 0.164 e. The molecule has 1 aliphatic heterocycles. The van der Waals surface area contributed by atoms with Crippen molar-refractivity contribution < 1.29 is 14.2 Å². The fraction of sp³-hybridized carbons (Fsp3) is 0.579. The highest BCUT2D eigenvalue weighted by Crippen LogP contribution is 2.44. The minimum Gasteiger partial charge on any atom is -0.493 e. The molecule has 3 nitrogen and oxygen atoms in total. The van der Waals surface area contributed by atoms with Crippen LogP contribution in [0.15, 0.2) is 24.3 Å². The van der Waals surface area contributed by atoms with Gasteiger partial charge in [0.05, 0.1) is 14.2 Å². The van der Waals surface area contributed by atoms with Gasteiger partial charge < -0.3 is 14.2 Å². The van der Waals surface area contributed by atoms with Gasteiger partial charge in [-0.2, -0.15) is 0 Å². The highest BCUT2D eigenvalue weighted by Gasteiger charge is 2.37. The molecule has 0 amide bonds. The molecular formula is C19H26O3. The van der Waals surface area contributed by atoms with Crippen LogP contribution in [-0.4, -0.2) is 19.8 Å². The standard InChI is InChI=1S/C19H26O3/c1-13(2)14-5-8-19(9-6-14)10-7-15-11-17(20-3)18(21-4)12-16(15)22-19/h5,8,11-14H,6-7,9-10H2,1-4H3/t14-,19-/m1/s1. The predicted octanol–water partition coefficient (Wildman–Crippen LogP) is 4.39. The minimum atomic E-state index is -0.127. The summed E-state index contributed by atoms with van der Waals surface area (Å²) in [5.74, 6) is 3.84. The van der Waals surface area contributed by atoms with E-state index in [1.54, 1.807) is 14.2 Å². The zero-order chi connectivity index (χ0) is 15.7. The number of ether oxygens (including phenoxy) is 3. The second kappa shape index (κ2) is 5.86. The van der Waals surface area contributed by atoms with Gasteiger partial charge in [-0.25, -0.2) is 0 Å². The largest absolute Gasteiger partial charge is 0.493 e. The molecule has 3 rings (SSSR count). The van der Waals surface area contributed by atoms with Crippen molar-refractivity contribution in [2.45, 2.75) is 45.1 Å². The Morgan fingerprint density at radius 3 is 2.45 bits per heavy atom. The van der Waals surface area contributed by atoms with Gasteiger partial charge in [0.1, 0.15) is 11.4 Å². The van der Waals surface area contributed by atoms with E-state index >= 15 is 0 Å². The number of aryl methyl sites for hydroxylation is 1. The van der Waals surface area contributed by atoms with Crippen LogP contribution in [0.4, 0.5) is 0 Å². The van der Waals surface area contributed by atoms with Gasteiger partial charge in [-0.1, -0.05) is 19.9 Å². The molecule has 2 aliphatic rings. The summed E-state index contributed by atoms with van der Waals surface area (Å²) in [5.41, 5.74) is 1.08. The molecule has 0 fully saturated rings. The Hall–Kier alpha value is -1.64. The quantitative estimate of drug-likeness (QED) is 0.775. The van der Waals surface area contributed by atoms with Crippen molar-refractivity contribution in [1.82, 2.24) is 0 Å². The van der Waals surface area contributed by atoms with Gasteiger partial charge in [-0.15, -0.1) is 0 Å². The summed E-state index contributed by atoms with van der Waals surface area (Å²) < 4.78 is 17.2. The molecule has 2 atom stereocenters. The summed E-state index contributed by atoms with van der Waals surface area (Å²) >= 11 is 0. The summed E-state index contributed by atoms with van der Waals surface area (Å²) in [7, 11) is 3.34. The van der Waals surface area contributed by atoms with E-state index in [-0.39, 0.29) is 5.60 Å². The van der Waals surface area contributed by atoms with Gasteiger partial charge >= 0.3 is 0 Å². The van der Waals surface area contributed by atoms with Crippen LogP contribution in [0, 0.1) is 11.8 Å². The molecule has 1 aromatic carbocycles. The van der Waals surface area contributed by atoms with E-state index in [0.29, 0.717) is 11.8 Å². The molecule has 1 spiro atoms. The second-order valence-corrected chi connectivity index (χ2v) is 6.79. The average molecular weight is 302 g/mol. The fourth-order valence-electron chi connectivity index (χ4n) is 3.55. The number of methoxy groups -OCH3 is 2. The van der Waals surface area contributed by atoms with Gasteiger partial charge in [0, 0.05) is 6.07 Å². The SMILES string of the molecule is COc1cc2c(cc1OC)O[C@@]1(C=C[C@@H](C(C)C)CC1)CC2. The first kappa shape index (κ1) is 15.3. The van der Waals surface area contributed by atoms with E-state index in [1.807, 2.05) is 12.1 Å². The van der Waals surface area contributed by atoms with Crippen molar-refractivity contribution in [2.75, 3.05) is 14.2 Å². The first-order valence-corrected chi connectivity index (χ1v) is 8.20. The number of benzene rings is 1. The molecule has 22 heavy (non-hydrogen) atoms. The molecular weight excluding hydrogens is 276 g/mol. The van der Waals surface area contributed by atoms with Crippen LogP contribution in [-0.2, 0) is 6.42 Å². The summed E-state index contributed by atoms with van der Waals surface area (Å²) in [6, 6.07) is 4.02. The van der Waals surface area contributed by atoms with Gasteiger partial charge in [0.25, 0.3) is 0 Å². The second-order valence-electron chi connectivity index (χ2n) is 6.79. The first-order valence-electron chi connectivity index (χ1n) is 8.20. The van der Waals surface area contributed by atoms with Crippen LogP contribution in [0.5, 0.6) is 17.2 Å². The van der Waals surface area contributed by atoms with Crippen molar-refractivity contribution in [3.05, 3.63) is 29.8 Å². The lowest BCUT2D eigenvalue weighted by atomic mass is 9.77. The summed E-state index contributed by atoms with van der Waals surface area (Å²) in [6.07, 6.45) is 9.03. The average Bonchev–Trinajstić information content (AvgIpc) is 2.54. The Bertz CT molecular complexity index is 576. The number of fused-ring (bicyclic) bond motifs is 1. The highest BCUT2D eigenvalue weighted by atomic mass is 16.5. The molecule has 0 N–H and O–H groups in total. The molecule has 120 valence electrons. The maximum absolute atomic E-state index is 6.41. The molecule has 1 aliphatic carbocycles. The molecule has 0 bridgehead atoms. The molecule has 3 heteroatoms. The van der Waals surface area contributed by atoms with Crippen LogP contribution >= 0.6 is 0 Å². The maximum atomic E-state index is 6.41. The topological polar surface area (TPSA) is 27.7 Å². The van der Waals surface area contributed by atoms with Gasteiger partial charge in [0.2, 0.25) is 0 Å². The molecule has 0 unspecified atom stereocenters. The molecule has 0 radical (unpaired) electrons. The summed E-state index contributed by atoms with van der Waals surface area (Å²) in [4.78, 5) is 0. The van der Waals surface area contributed by atoms with Crippen LogP contribution in [0.2, 0.25) is 0 Å². The van der Waals surface area contributed by atoms with Crippen LogP contribution < -0.4 is 14.2 Å². The van der Waals surface area contributed by atoms with Crippen molar-refractivity contribution in [2.24, 2.45) is 11.8 Å². The Balaban J connectivity index is 1.86. The summed E-state index contributed by atoms with van der Waals surface area (Å²) in [5, 5.41) is 0. The van der Waals surface area contributed by atoms with Crippen molar-refractivity contribution >= 4 is 0 Å². The van der Waals surface area contributed by atoms with Crippen molar-refractivity contribution in [3.8, 4) is 17.2 Å². The number of hydrogen-bond donors (Lipinski definition) is 0. The Labute approximate surface area is 133 Å². The molecule has 0 aromatic heterocycles. The Morgan fingerprint density at radius 2 is 1.86 bits per heavy atom. The van der Waals surface area contributed by atoms with Crippen molar-refractivity contribution in [1.29, 1.82) is 0 Å². The molecule has 1 heterocycles. The van der Waals surface area contributed by atoms with Crippen LogP contribution in [0.25, 0.3) is 0 Å². The number of rotatable bonds is 3. The van der Waals surface area contributed by atoms with E-state index in [9.17, 15) is 0 Å². The van der Waals surface area contributed by atoms with Gasteiger partial charge in [0.15, 0.2) is 11.5 Å². The number of hydrogen-bond acceptors (Lipinski definition) is 3. The maximum Gasteiger partial charge on any atom is 0.164 e. The number of allylic oxidation sites excluding steroid dienone is 1. The summed E-state index contributed by atoms with van der Waals surface area (Å²) in [6.45, 7) is 4.59. The normalized spacial score (nSPS) is 26.7. The zero-order valence-corrected chi connectivity index (χ0v) is 14.0. The van der Waals surface area contributed by atoms with Gasteiger partial charge in [-0.05, 0) is 55.2 Å². The Kier molecular flexibility index (Phi) is 4.07. The van der Waals surface area contributed by atoms with Crippen molar-refractivity contribution in [3.63, 3.8) is 0 Å². The lowest BCUT2D eigenvalue weighted by Crippen LogP contribution is -2.40. The third kappa shape index (κ3) is 2.69. The minimum absolute atomic E-state index is 0.127. The Morgan fingerprint density at radius 1 is 1.14 bits per heavy atom. The van der Waals surface area contributed by atoms with Gasteiger partial charge in [-0.3, -0.25) is 0 Å². The third-order valence-electron chi connectivity index (χ3n) is 5.10. The first-order chi connectivity index (χ1) is 10.6.